The predicted molar refractivity (Wildman–Crippen MR) is 122 cm³/mol. The Bertz CT molecular complexity index is 1420. The molecule has 164 valence electrons. The van der Waals surface area contributed by atoms with E-state index in [1.54, 1.807) is 16.2 Å². The summed E-state index contributed by atoms with van der Waals surface area (Å²) in [7, 11) is 0. The van der Waals surface area contributed by atoms with E-state index in [1.165, 1.54) is 0 Å². The van der Waals surface area contributed by atoms with E-state index in [4.69, 9.17) is 14.6 Å². The van der Waals surface area contributed by atoms with Crippen LogP contribution in [0.15, 0.2) is 54.9 Å². The van der Waals surface area contributed by atoms with Gasteiger partial charge in [0.1, 0.15) is 24.1 Å². The molecule has 0 spiro atoms. The zero-order valence-electron chi connectivity index (χ0n) is 17.6. The molecule has 9 nitrogen and oxygen atoms in total. The molecule has 1 amide bonds. The molecule has 2 atom stereocenters. The highest BCUT2D eigenvalue weighted by Gasteiger charge is 2.43. The number of fused-ring (bicyclic) bond motifs is 6. The van der Waals surface area contributed by atoms with Crippen LogP contribution >= 0.6 is 0 Å². The van der Waals surface area contributed by atoms with Crippen LogP contribution in [0.3, 0.4) is 0 Å². The molecule has 7 heterocycles. The minimum absolute atomic E-state index is 0.175. The molecule has 0 aliphatic carbocycles. The number of amides is 1. The summed E-state index contributed by atoms with van der Waals surface area (Å²) in [5.41, 5.74) is 5.48. The van der Waals surface area contributed by atoms with Gasteiger partial charge in [-0.05, 0) is 30.7 Å². The zero-order chi connectivity index (χ0) is 21.9. The summed E-state index contributed by atoms with van der Waals surface area (Å²) in [6.07, 6.45) is 4.99. The van der Waals surface area contributed by atoms with Gasteiger partial charge in [-0.15, -0.1) is 0 Å². The summed E-state index contributed by atoms with van der Waals surface area (Å²) in [5.74, 6) is 0. The fourth-order valence-corrected chi connectivity index (χ4v) is 4.73. The number of hydroxylamine groups is 1. The van der Waals surface area contributed by atoms with Gasteiger partial charge in [-0.1, -0.05) is 18.2 Å². The monoisotopic (exact) mass is 440 g/mol. The van der Waals surface area contributed by atoms with Crippen LogP contribution in [0.4, 0.5) is 16.2 Å². The molecule has 9 heteroatoms. The van der Waals surface area contributed by atoms with Gasteiger partial charge in [-0.2, -0.15) is 5.06 Å². The lowest BCUT2D eigenvalue weighted by Gasteiger charge is -2.47. The van der Waals surface area contributed by atoms with Crippen molar-refractivity contribution < 1.29 is 14.4 Å². The molecule has 4 aliphatic rings. The molecule has 33 heavy (non-hydrogen) atoms. The van der Waals surface area contributed by atoms with Gasteiger partial charge in [0.25, 0.3) is 0 Å². The second kappa shape index (κ2) is 7.01. The van der Waals surface area contributed by atoms with Crippen molar-refractivity contribution in [3.63, 3.8) is 0 Å². The number of aromatic nitrogens is 3. The number of pyridine rings is 3. The van der Waals surface area contributed by atoms with Gasteiger partial charge in [-0.3, -0.25) is 14.9 Å². The molecule has 2 unspecified atom stereocenters. The summed E-state index contributed by atoms with van der Waals surface area (Å²) in [6.45, 7) is 0.976. The van der Waals surface area contributed by atoms with Crippen molar-refractivity contribution in [2.24, 2.45) is 0 Å². The topological polar surface area (TPSA) is 92.7 Å². The zero-order valence-corrected chi connectivity index (χ0v) is 17.6. The highest BCUT2D eigenvalue weighted by molar-refractivity contribution is 5.98. The number of nitrogens with zero attached hydrogens (tertiary/aromatic N) is 5. The molecule has 0 saturated carbocycles. The molecule has 3 fully saturated rings. The first-order valence-electron chi connectivity index (χ1n) is 11.0. The average Bonchev–Trinajstić information content (AvgIpc) is 3.26. The van der Waals surface area contributed by atoms with Crippen LogP contribution in [-0.2, 0) is 9.57 Å². The van der Waals surface area contributed by atoms with Gasteiger partial charge in [0.05, 0.1) is 34.7 Å². The Kier molecular flexibility index (Phi) is 3.95. The third-order valence-corrected chi connectivity index (χ3v) is 6.51. The number of carbonyl (C=O) groups is 1. The number of rotatable bonds is 2. The largest absolute Gasteiger partial charge is 0.436 e. The molecular formula is C24H20N6O3. The van der Waals surface area contributed by atoms with Crippen LogP contribution in [0.5, 0.6) is 0 Å². The van der Waals surface area contributed by atoms with E-state index in [9.17, 15) is 4.79 Å². The summed E-state index contributed by atoms with van der Waals surface area (Å²) >= 11 is 0. The van der Waals surface area contributed by atoms with E-state index >= 15 is 0 Å². The molecule has 0 radical (unpaired) electrons. The summed E-state index contributed by atoms with van der Waals surface area (Å²) in [6, 6.07) is 13.9. The van der Waals surface area contributed by atoms with Crippen LogP contribution in [0, 0.1) is 0 Å². The van der Waals surface area contributed by atoms with Gasteiger partial charge < -0.3 is 14.9 Å². The van der Waals surface area contributed by atoms with Crippen molar-refractivity contribution in [2.75, 3.05) is 23.6 Å². The fraction of sp³-hybridized carbons (Fsp3) is 0.250. The van der Waals surface area contributed by atoms with E-state index in [1.807, 2.05) is 42.6 Å². The number of hydrogen-bond acceptors (Lipinski definition) is 8. The fourth-order valence-electron chi connectivity index (χ4n) is 4.73. The molecular weight excluding hydrogens is 420 g/mol. The molecule has 4 aliphatic heterocycles. The number of benzene rings is 1. The summed E-state index contributed by atoms with van der Waals surface area (Å²) < 4.78 is 5.67. The number of ether oxygens (including phenoxy) is 1. The average molecular weight is 440 g/mol. The summed E-state index contributed by atoms with van der Waals surface area (Å²) in [4.78, 5) is 34.3. The molecule has 1 aromatic carbocycles. The van der Waals surface area contributed by atoms with Gasteiger partial charge in [-0.25, -0.2) is 9.78 Å². The van der Waals surface area contributed by atoms with Gasteiger partial charge in [0.2, 0.25) is 0 Å². The Morgan fingerprint density at radius 1 is 1.12 bits per heavy atom. The number of piperidine rings is 1. The Labute approximate surface area is 188 Å². The van der Waals surface area contributed by atoms with Gasteiger partial charge in [0, 0.05) is 30.1 Å². The maximum atomic E-state index is 12.9. The van der Waals surface area contributed by atoms with Crippen molar-refractivity contribution in [2.45, 2.75) is 25.2 Å². The predicted octanol–water partition coefficient (Wildman–Crippen LogP) is 3.91. The molecule has 2 bridgehead atoms. The minimum Gasteiger partial charge on any atom is -0.362 e. The smallest absolute Gasteiger partial charge is 0.362 e. The Hall–Kier alpha value is -3.98. The third-order valence-electron chi connectivity index (χ3n) is 6.51. The SMILES string of the molecule is O=C(ON1CNc2cnc3ccc(-c4cnc5ccccc5c4)nc3c21)N1CCC2CC1O2. The molecule has 8 rings (SSSR count). The number of nitrogens with one attached hydrogen (secondary N) is 1. The van der Waals surface area contributed by atoms with E-state index in [0.29, 0.717) is 24.4 Å². The van der Waals surface area contributed by atoms with Crippen molar-refractivity contribution in [1.29, 1.82) is 0 Å². The van der Waals surface area contributed by atoms with Crippen LogP contribution in [-0.4, -0.2) is 51.5 Å². The lowest BCUT2D eigenvalue weighted by Crippen LogP contribution is -2.59. The molecule has 3 aromatic heterocycles. The van der Waals surface area contributed by atoms with E-state index in [0.717, 1.165) is 46.2 Å². The molecule has 4 aromatic rings. The Morgan fingerprint density at radius 3 is 2.88 bits per heavy atom. The quantitative estimate of drug-likeness (QED) is 0.502. The van der Waals surface area contributed by atoms with Crippen molar-refractivity contribution in [3.8, 4) is 11.3 Å². The lowest BCUT2D eigenvalue weighted by molar-refractivity contribution is -0.221. The van der Waals surface area contributed by atoms with Crippen molar-refractivity contribution in [3.05, 3.63) is 54.9 Å². The first kappa shape index (κ1) is 18.6. The van der Waals surface area contributed by atoms with Crippen molar-refractivity contribution >= 4 is 39.4 Å². The Morgan fingerprint density at radius 2 is 2.00 bits per heavy atom. The van der Waals surface area contributed by atoms with Gasteiger partial charge in [0.15, 0.2) is 0 Å². The maximum Gasteiger partial charge on any atom is 0.436 e. The minimum atomic E-state index is -0.410. The maximum absolute atomic E-state index is 12.9. The second-order valence-electron chi connectivity index (χ2n) is 8.50. The van der Waals surface area contributed by atoms with E-state index in [-0.39, 0.29) is 12.3 Å². The number of para-hydroxylation sites is 1. The highest BCUT2D eigenvalue weighted by Crippen LogP contribution is 2.38. The van der Waals surface area contributed by atoms with Crippen LogP contribution in [0.1, 0.15) is 12.8 Å². The van der Waals surface area contributed by atoms with E-state index in [2.05, 4.69) is 21.4 Å². The first-order valence-corrected chi connectivity index (χ1v) is 11.0. The molecule has 3 saturated heterocycles. The van der Waals surface area contributed by atoms with Crippen LogP contribution in [0.2, 0.25) is 0 Å². The van der Waals surface area contributed by atoms with Crippen LogP contribution < -0.4 is 10.4 Å². The number of carbonyl (C=O) groups excluding carboxylic acids is 1. The third kappa shape index (κ3) is 2.96. The molecule has 1 N–H and O–H groups in total. The second-order valence-corrected chi connectivity index (χ2v) is 8.50. The lowest BCUT2D eigenvalue weighted by atomic mass is 10.0. The Balaban J connectivity index is 1.25. The van der Waals surface area contributed by atoms with E-state index < -0.39 is 6.09 Å². The normalized spacial score (nSPS) is 21.0. The standard InChI is InChI=1S/C24H20N6O3/c31-24(29-8-7-16-10-21(29)32-16)33-30-13-27-20-12-26-19-6-5-18(28-22(19)23(20)30)15-9-14-3-1-2-4-17(14)25-11-15/h1-6,9,11-12,16,21,27H,7-8,10,13H2. The highest BCUT2D eigenvalue weighted by atomic mass is 16.7. The van der Waals surface area contributed by atoms with Crippen LogP contribution in [0.25, 0.3) is 33.2 Å². The first-order chi connectivity index (χ1) is 16.2. The number of hydrogen-bond donors (Lipinski definition) is 1. The van der Waals surface area contributed by atoms with Crippen molar-refractivity contribution in [1.82, 2.24) is 19.9 Å². The summed E-state index contributed by atoms with van der Waals surface area (Å²) in [5, 5.41) is 5.85. The van der Waals surface area contributed by atoms with Gasteiger partial charge >= 0.3 is 6.09 Å². The number of anilines is 2.